The third-order valence-electron chi connectivity index (χ3n) is 4.02. The average Bonchev–Trinajstić information content (AvgIpc) is 2.87. The molecule has 0 aromatic carbocycles. The summed E-state index contributed by atoms with van der Waals surface area (Å²) in [5.74, 6) is -0.401. The van der Waals surface area contributed by atoms with Crippen molar-refractivity contribution in [2.24, 2.45) is 5.92 Å². The van der Waals surface area contributed by atoms with E-state index in [0.29, 0.717) is 6.42 Å². The van der Waals surface area contributed by atoms with Crippen molar-refractivity contribution in [3.8, 4) is 0 Å². The molecule has 2 heterocycles. The minimum Gasteiger partial charge on any atom is -0.467 e. The van der Waals surface area contributed by atoms with E-state index in [1.165, 1.54) is 14.0 Å². The van der Waals surface area contributed by atoms with Gasteiger partial charge >= 0.3 is 5.97 Å². The van der Waals surface area contributed by atoms with Crippen molar-refractivity contribution in [3.05, 3.63) is 23.8 Å². The van der Waals surface area contributed by atoms with Crippen LogP contribution in [0.1, 0.15) is 38.9 Å². The molecule has 3 atom stereocenters. The van der Waals surface area contributed by atoms with Crippen LogP contribution in [0, 0.1) is 5.92 Å². The summed E-state index contributed by atoms with van der Waals surface area (Å²) in [6.07, 6.45) is 4.74. The number of methoxy groups -OCH3 is 1. The highest BCUT2D eigenvalue weighted by Crippen LogP contribution is 2.30. The monoisotopic (exact) mass is 295 g/mol. The summed E-state index contributed by atoms with van der Waals surface area (Å²) >= 11 is 0. The molecule has 1 N–H and O–H groups in total. The number of nitrogens with one attached hydrogen (secondary N) is 1. The van der Waals surface area contributed by atoms with E-state index >= 15 is 0 Å². The highest BCUT2D eigenvalue weighted by molar-refractivity contribution is 5.80. The first-order chi connectivity index (χ1) is 9.93. The van der Waals surface area contributed by atoms with Gasteiger partial charge in [-0.3, -0.25) is 4.68 Å². The Morgan fingerprint density at radius 3 is 2.95 bits per heavy atom. The van der Waals surface area contributed by atoms with Gasteiger partial charge < -0.3 is 10.1 Å². The third kappa shape index (κ3) is 3.25. The largest absolute Gasteiger partial charge is 0.467 e. The number of aromatic nitrogens is 2. The van der Waals surface area contributed by atoms with E-state index in [1.807, 2.05) is 18.5 Å². The van der Waals surface area contributed by atoms with Gasteiger partial charge in [0.05, 0.1) is 36.6 Å². The molecule has 116 valence electrons. The molecule has 0 fully saturated rings. The van der Waals surface area contributed by atoms with Crippen LogP contribution in [-0.2, 0) is 16.0 Å². The maximum absolute atomic E-state index is 13.0. The van der Waals surface area contributed by atoms with Gasteiger partial charge in [0.15, 0.2) is 0 Å². The van der Waals surface area contributed by atoms with E-state index < -0.39 is 0 Å². The van der Waals surface area contributed by atoms with Crippen molar-refractivity contribution in [3.63, 3.8) is 0 Å². The summed E-state index contributed by atoms with van der Waals surface area (Å²) in [6.45, 7) is 5.43. The zero-order valence-electron chi connectivity index (χ0n) is 12.9. The van der Waals surface area contributed by atoms with Crippen LogP contribution in [0.25, 0.3) is 0 Å². The van der Waals surface area contributed by atoms with E-state index in [4.69, 9.17) is 4.74 Å². The summed E-state index contributed by atoms with van der Waals surface area (Å²) in [6, 6.07) is -0.267. The first-order valence-corrected chi connectivity index (χ1v) is 7.18. The lowest BCUT2D eigenvalue weighted by atomic mass is 10.0. The van der Waals surface area contributed by atoms with Crippen LogP contribution in [0.5, 0.6) is 0 Å². The molecule has 0 saturated heterocycles. The van der Waals surface area contributed by atoms with Crippen LogP contribution in [0.4, 0.5) is 10.1 Å². The van der Waals surface area contributed by atoms with E-state index in [0.717, 1.165) is 17.8 Å². The van der Waals surface area contributed by atoms with Crippen LogP contribution in [0.15, 0.2) is 18.1 Å². The van der Waals surface area contributed by atoms with Crippen LogP contribution in [0.3, 0.4) is 0 Å². The second-order valence-corrected chi connectivity index (χ2v) is 5.56. The average molecular weight is 295 g/mol. The van der Waals surface area contributed by atoms with E-state index in [9.17, 15) is 9.18 Å². The molecule has 21 heavy (non-hydrogen) atoms. The maximum atomic E-state index is 13.0. The zero-order valence-corrected chi connectivity index (χ0v) is 12.9. The van der Waals surface area contributed by atoms with E-state index in [-0.39, 0.29) is 29.8 Å². The second-order valence-electron chi connectivity index (χ2n) is 5.56. The molecular weight excluding hydrogens is 273 g/mol. The van der Waals surface area contributed by atoms with Gasteiger partial charge in [0.1, 0.15) is 6.04 Å². The number of rotatable bonds is 4. The number of carbonyl (C=O) groups is 1. The molecule has 0 radical (unpaired) electrons. The Morgan fingerprint density at radius 1 is 1.62 bits per heavy atom. The first kappa shape index (κ1) is 15.5. The van der Waals surface area contributed by atoms with Crippen LogP contribution in [0.2, 0.25) is 0 Å². The zero-order chi connectivity index (χ0) is 15.6. The van der Waals surface area contributed by atoms with Crippen molar-refractivity contribution in [2.45, 2.75) is 45.7 Å². The quantitative estimate of drug-likeness (QED) is 0.868. The molecule has 5 nitrogen and oxygen atoms in total. The third-order valence-corrected chi connectivity index (χ3v) is 4.02. The fourth-order valence-corrected chi connectivity index (χ4v) is 2.69. The Morgan fingerprint density at radius 2 is 2.33 bits per heavy atom. The van der Waals surface area contributed by atoms with Gasteiger partial charge in [0.2, 0.25) is 0 Å². The number of hydrogen-bond donors (Lipinski definition) is 1. The topological polar surface area (TPSA) is 56.1 Å². The van der Waals surface area contributed by atoms with Gasteiger partial charge in [-0.1, -0.05) is 6.92 Å². The van der Waals surface area contributed by atoms with Crippen LogP contribution >= 0.6 is 0 Å². The van der Waals surface area contributed by atoms with Crippen molar-refractivity contribution in [1.82, 2.24) is 9.78 Å². The highest BCUT2D eigenvalue weighted by atomic mass is 19.1. The number of hydrogen-bond acceptors (Lipinski definition) is 4. The summed E-state index contributed by atoms with van der Waals surface area (Å²) in [5, 5.41) is 7.55. The molecule has 1 aliphatic heterocycles. The van der Waals surface area contributed by atoms with Crippen molar-refractivity contribution in [1.29, 1.82) is 0 Å². The van der Waals surface area contributed by atoms with Gasteiger partial charge in [-0.2, -0.15) is 5.10 Å². The number of fused-ring (bicyclic) bond motifs is 1. The van der Waals surface area contributed by atoms with Crippen molar-refractivity contribution < 1.29 is 13.9 Å². The minimum atomic E-state index is -0.319. The van der Waals surface area contributed by atoms with Crippen molar-refractivity contribution in [2.75, 3.05) is 12.4 Å². The fourth-order valence-electron chi connectivity index (χ4n) is 2.69. The molecule has 1 aliphatic rings. The number of carbonyl (C=O) groups excluding carboxylic acids is 1. The molecule has 0 aliphatic carbocycles. The summed E-state index contributed by atoms with van der Waals surface area (Å²) < 4.78 is 19.7. The van der Waals surface area contributed by atoms with Crippen molar-refractivity contribution >= 4 is 11.7 Å². The number of nitrogens with zero attached hydrogens (tertiary/aromatic N) is 2. The molecule has 1 aromatic heterocycles. The van der Waals surface area contributed by atoms with E-state index in [2.05, 4.69) is 10.4 Å². The van der Waals surface area contributed by atoms with E-state index in [1.54, 1.807) is 12.3 Å². The lowest BCUT2D eigenvalue weighted by Gasteiger charge is -2.26. The van der Waals surface area contributed by atoms with Gasteiger partial charge in [-0.25, -0.2) is 9.18 Å². The number of halogens is 1. The molecule has 0 amide bonds. The molecule has 0 spiro atoms. The lowest BCUT2D eigenvalue weighted by molar-refractivity contribution is -0.141. The summed E-state index contributed by atoms with van der Waals surface area (Å²) in [4.78, 5) is 11.6. The summed E-state index contributed by atoms with van der Waals surface area (Å²) in [5.41, 5.74) is 1.91. The second kappa shape index (κ2) is 6.28. The lowest BCUT2D eigenvalue weighted by Crippen LogP contribution is -2.34. The smallest absolute Gasteiger partial charge is 0.328 e. The minimum absolute atomic E-state index is 0.0392. The van der Waals surface area contributed by atoms with Gasteiger partial charge in [-0.05, 0) is 38.7 Å². The molecule has 2 rings (SSSR count). The van der Waals surface area contributed by atoms with Gasteiger partial charge in [0.25, 0.3) is 0 Å². The molecule has 0 bridgehead atoms. The molecule has 6 heteroatoms. The molecular formula is C15H22FN3O2. The van der Waals surface area contributed by atoms with Gasteiger partial charge in [-0.15, -0.1) is 0 Å². The Balaban J connectivity index is 2.18. The summed E-state index contributed by atoms with van der Waals surface area (Å²) in [7, 11) is 1.39. The Hall–Kier alpha value is -1.85. The predicted molar refractivity (Wildman–Crippen MR) is 78.7 cm³/mol. The molecule has 3 unspecified atom stereocenters. The standard InChI is InChI=1S/C15H22FN3O2/c1-9(7-10(2)16)11(3)19-14-6-5-12(15(20)21-4)18-13(14)8-17-19/h7-9,11-12,18H,5-6H2,1-4H3/b10-7+. The van der Waals surface area contributed by atoms with Gasteiger partial charge in [0, 0.05) is 0 Å². The molecule has 1 aromatic rings. The number of anilines is 1. The molecule has 0 saturated carbocycles. The normalized spacial score (nSPS) is 21.2. The SMILES string of the molecule is COC(=O)C1CCc2c(cnn2C(C)C(C)/C=C(\C)F)N1. The maximum Gasteiger partial charge on any atom is 0.328 e. The van der Waals surface area contributed by atoms with Crippen LogP contribution < -0.4 is 5.32 Å². The predicted octanol–water partition coefficient (Wildman–Crippen LogP) is 2.85. The number of esters is 1. The highest BCUT2D eigenvalue weighted by Gasteiger charge is 2.28. The Kier molecular flexibility index (Phi) is 4.65. The Labute approximate surface area is 124 Å². The van der Waals surface area contributed by atoms with Crippen LogP contribution in [-0.4, -0.2) is 28.9 Å². The number of ether oxygens (including phenoxy) is 1. The fraction of sp³-hybridized carbons (Fsp3) is 0.600. The Bertz CT molecular complexity index is 549. The number of allylic oxidation sites excluding steroid dienone is 2. The first-order valence-electron chi connectivity index (χ1n) is 7.18.